The van der Waals surface area contributed by atoms with Gasteiger partial charge in [-0.05, 0) is 47.9 Å². The third-order valence-corrected chi connectivity index (χ3v) is 4.67. The number of nitrogen functional groups attached to an aromatic ring is 1. The predicted molar refractivity (Wildman–Crippen MR) is 98.9 cm³/mol. The van der Waals surface area contributed by atoms with E-state index in [4.69, 9.17) is 5.73 Å². The van der Waals surface area contributed by atoms with Crippen LogP contribution in [0, 0.1) is 22.0 Å². The summed E-state index contributed by atoms with van der Waals surface area (Å²) >= 11 is 0. The molecule has 24 heavy (non-hydrogen) atoms. The van der Waals surface area contributed by atoms with Crippen molar-refractivity contribution in [1.29, 1.82) is 0 Å². The third-order valence-electron chi connectivity index (χ3n) is 4.67. The Morgan fingerprint density at radius 1 is 1.00 bits per heavy atom. The highest BCUT2D eigenvalue weighted by molar-refractivity contribution is 5.39. The average Bonchev–Trinajstić information content (AvgIpc) is 2.57. The molecule has 0 saturated carbocycles. The van der Waals surface area contributed by atoms with E-state index in [1.807, 2.05) is 24.3 Å². The molecule has 2 rings (SSSR count). The van der Waals surface area contributed by atoms with Crippen molar-refractivity contribution in [2.75, 3.05) is 5.73 Å². The van der Waals surface area contributed by atoms with Crippen LogP contribution in [0.5, 0.6) is 0 Å². The Morgan fingerprint density at radius 3 is 1.96 bits per heavy atom. The molecule has 128 valence electrons. The molecule has 0 aromatic heterocycles. The van der Waals surface area contributed by atoms with Crippen LogP contribution in [0.4, 0.5) is 11.4 Å². The molecule has 0 aliphatic rings. The molecule has 4 heteroatoms. The molecule has 4 nitrogen and oxygen atoms in total. The summed E-state index contributed by atoms with van der Waals surface area (Å²) in [6.07, 6.45) is 4.29. The molecule has 0 aliphatic heterocycles. The molecule has 0 heterocycles. The maximum absolute atomic E-state index is 10.8. The molecular formula is C20H26N2O2. The number of anilines is 1. The molecule has 0 aliphatic carbocycles. The van der Waals surface area contributed by atoms with Gasteiger partial charge < -0.3 is 5.73 Å². The average molecular weight is 326 g/mol. The number of nitrogens with two attached hydrogens (primary N) is 1. The first kappa shape index (κ1) is 18.0. The van der Waals surface area contributed by atoms with E-state index >= 15 is 0 Å². The first-order chi connectivity index (χ1) is 11.5. The van der Waals surface area contributed by atoms with Crippen molar-refractivity contribution in [1.82, 2.24) is 0 Å². The van der Waals surface area contributed by atoms with Gasteiger partial charge in [0.1, 0.15) is 0 Å². The van der Waals surface area contributed by atoms with Crippen LogP contribution in [0.3, 0.4) is 0 Å². The Morgan fingerprint density at radius 2 is 1.50 bits per heavy atom. The van der Waals surface area contributed by atoms with E-state index in [0.29, 0.717) is 11.8 Å². The minimum absolute atomic E-state index is 0.149. The van der Waals surface area contributed by atoms with Crippen LogP contribution < -0.4 is 5.73 Å². The van der Waals surface area contributed by atoms with Crippen molar-refractivity contribution in [3.63, 3.8) is 0 Å². The smallest absolute Gasteiger partial charge is 0.269 e. The van der Waals surface area contributed by atoms with Gasteiger partial charge in [-0.3, -0.25) is 10.1 Å². The summed E-state index contributed by atoms with van der Waals surface area (Å²) in [6.45, 7) is 4.51. The summed E-state index contributed by atoms with van der Waals surface area (Å²) in [6, 6.07) is 15.0. The van der Waals surface area contributed by atoms with Crippen LogP contribution >= 0.6 is 0 Å². The van der Waals surface area contributed by atoms with E-state index in [0.717, 1.165) is 24.1 Å². The van der Waals surface area contributed by atoms with Crippen molar-refractivity contribution in [2.45, 2.75) is 39.5 Å². The van der Waals surface area contributed by atoms with E-state index in [1.165, 1.54) is 18.4 Å². The Labute approximate surface area is 143 Å². The number of benzene rings is 2. The second-order valence-corrected chi connectivity index (χ2v) is 6.60. The molecule has 2 N–H and O–H groups in total. The van der Waals surface area contributed by atoms with Gasteiger partial charge in [0.05, 0.1) is 4.92 Å². The molecule has 0 saturated heterocycles. The molecule has 2 unspecified atom stereocenters. The summed E-state index contributed by atoms with van der Waals surface area (Å²) in [5, 5.41) is 10.8. The molecule has 0 amide bonds. The second-order valence-electron chi connectivity index (χ2n) is 6.60. The third kappa shape index (κ3) is 5.08. The SMILES string of the molecule is CCCC(C)C(Cc1ccc(N)cc1)Cc1ccc([N+](=O)[O-])cc1. The monoisotopic (exact) mass is 326 g/mol. The molecule has 0 fully saturated rings. The van der Waals surface area contributed by atoms with Crippen LogP contribution in [-0.4, -0.2) is 4.92 Å². The lowest BCUT2D eigenvalue weighted by Crippen LogP contribution is -2.17. The molecule has 2 atom stereocenters. The number of hydrogen-bond donors (Lipinski definition) is 1. The zero-order chi connectivity index (χ0) is 17.5. The summed E-state index contributed by atoms with van der Waals surface area (Å²) < 4.78 is 0. The second kappa shape index (κ2) is 8.48. The Bertz CT molecular complexity index is 650. The standard InChI is InChI=1S/C20H26N2O2/c1-3-4-15(2)18(13-16-5-9-19(21)10-6-16)14-17-7-11-20(12-8-17)22(23)24/h5-12,15,18H,3-4,13-14,21H2,1-2H3. The van der Waals surface area contributed by atoms with Gasteiger partial charge in [-0.1, -0.05) is 51.0 Å². The number of nitrogens with zero attached hydrogens (tertiary/aromatic N) is 1. The fourth-order valence-corrected chi connectivity index (χ4v) is 3.18. The number of nitro groups is 1. The topological polar surface area (TPSA) is 69.2 Å². The van der Waals surface area contributed by atoms with Gasteiger partial charge in [0.2, 0.25) is 0 Å². The maximum atomic E-state index is 10.8. The van der Waals surface area contributed by atoms with Crippen LogP contribution in [0.2, 0.25) is 0 Å². The van der Waals surface area contributed by atoms with Gasteiger partial charge in [0, 0.05) is 17.8 Å². The zero-order valence-electron chi connectivity index (χ0n) is 14.4. The van der Waals surface area contributed by atoms with Crippen LogP contribution in [-0.2, 0) is 12.8 Å². The highest BCUT2D eigenvalue weighted by Crippen LogP contribution is 2.26. The molecule has 0 radical (unpaired) electrons. The van der Waals surface area contributed by atoms with E-state index in [2.05, 4.69) is 26.0 Å². The van der Waals surface area contributed by atoms with Crippen molar-refractivity contribution in [3.8, 4) is 0 Å². The zero-order valence-corrected chi connectivity index (χ0v) is 14.4. The van der Waals surface area contributed by atoms with Gasteiger partial charge in [-0.15, -0.1) is 0 Å². The number of non-ortho nitro benzene ring substituents is 1. The van der Waals surface area contributed by atoms with Gasteiger partial charge >= 0.3 is 0 Å². The maximum Gasteiger partial charge on any atom is 0.269 e. The first-order valence-corrected chi connectivity index (χ1v) is 8.57. The lowest BCUT2D eigenvalue weighted by Gasteiger charge is -2.24. The Hall–Kier alpha value is -2.36. The van der Waals surface area contributed by atoms with E-state index in [9.17, 15) is 10.1 Å². The minimum Gasteiger partial charge on any atom is -0.399 e. The summed E-state index contributed by atoms with van der Waals surface area (Å²) in [5.41, 5.74) is 9.15. The summed E-state index contributed by atoms with van der Waals surface area (Å²) in [4.78, 5) is 10.4. The van der Waals surface area contributed by atoms with Crippen molar-refractivity contribution in [2.24, 2.45) is 11.8 Å². The highest BCUT2D eigenvalue weighted by atomic mass is 16.6. The Balaban J connectivity index is 2.13. The quantitative estimate of drug-likeness (QED) is 0.421. The summed E-state index contributed by atoms with van der Waals surface area (Å²) in [5.74, 6) is 1.11. The first-order valence-electron chi connectivity index (χ1n) is 8.57. The normalized spacial score (nSPS) is 13.4. The van der Waals surface area contributed by atoms with Crippen LogP contribution in [0.25, 0.3) is 0 Å². The van der Waals surface area contributed by atoms with Crippen molar-refractivity contribution >= 4 is 11.4 Å². The van der Waals surface area contributed by atoms with E-state index < -0.39 is 0 Å². The van der Waals surface area contributed by atoms with Gasteiger partial charge in [0.15, 0.2) is 0 Å². The van der Waals surface area contributed by atoms with E-state index in [1.54, 1.807) is 12.1 Å². The fourth-order valence-electron chi connectivity index (χ4n) is 3.18. The van der Waals surface area contributed by atoms with Crippen LogP contribution in [0.1, 0.15) is 37.8 Å². The van der Waals surface area contributed by atoms with Gasteiger partial charge in [-0.25, -0.2) is 0 Å². The lowest BCUT2D eigenvalue weighted by molar-refractivity contribution is -0.384. The molecule has 2 aromatic carbocycles. The van der Waals surface area contributed by atoms with Gasteiger partial charge in [0.25, 0.3) is 5.69 Å². The predicted octanol–water partition coefficient (Wildman–Crippen LogP) is 5.01. The number of nitro benzene ring substituents is 1. The van der Waals surface area contributed by atoms with E-state index in [-0.39, 0.29) is 10.6 Å². The highest BCUT2D eigenvalue weighted by Gasteiger charge is 2.18. The van der Waals surface area contributed by atoms with Crippen LogP contribution in [0.15, 0.2) is 48.5 Å². The fraction of sp³-hybridized carbons (Fsp3) is 0.400. The lowest BCUT2D eigenvalue weighted by atomic mass is 9.81. The molecular weight excluding hydrogens is 300 g/mol. The molecule has 0 bridgehead atoms. The van der Waals surface area contributed by atoms with Crippen molar-refractivity contribution in [3.05, 3.63) is 69.8 Å². The summed E-state index contributed by atoms with van der Waals surface area (Å²) in [7, 11) is 0. The largest absolute Gasteiger partial charge is 0.399 e. The molecule has 0 spiro atoms. The number of rotatable bonds is 8. The minimum atomic E-state index is -0.352. The van der Waals surface area contributed by atoms with Crippen molar-refractivity contribution < 1.29 is 4.92 Å². The number of hydrogen-bond acceptors (Lipinski definition) is 3. The van der Waals surface area contributed by atoms with Gasteiger partial charge in [-0.2, -0.15) is 0 Å². The Kier molecular flexibility index (Phi) is 6.36. The molecule has 2 aromatic rings.